The van der Waals surface area contributed by atoms with Gasteiger partial charge in [0.05, 0.1) is 4.90 Å². The number of sulfonamides is 1. The second-order valence-electron chi connectivity index (χ2n) is 5.57. The predicted molar refractivity (Wildman–Crippen MR) is 83.8 cm³/mol. The number of nitrogens with zero attached hydrogens (tertiary/aromatic N) is 1. The van der Waals surface area contributed by atoms with Gasteiger partial charge in [-0.05, 0) is 51.3 Å². The molecule has 1 rings (SSSR count). The molecule has 0 unspecified atom stereocenters. The molecular weight excluding hydrogens is 288 g/mol. The van der Waals surface area contributed by atoms with Crippen molar-refractivity contribution in [1.82, 2.24) is 4.90 Å². The van der Waals surface area contributed by atoms with Crippen molar-refractivity contribution in [3.05, 3.63) is 28.8 Å². The number of aryl methyl sites for hydroxylation is 2. The van der Waals surface area contributed by atoms with E-state index in [1.807, 2.05) is 20.8 Å². The molecule has 0 bridgehead atoms. The highest BCUT2D eigenvalue weighted by Gasteiger charge is 2.22. The first kappa shape index (κ1) is 17.7. The summed E-state index contributed by atoms with van der Waals surface area (Å²) < 4.78 is 23.2. The summed E-state index contributed by atoms with van der Waals surface area (Å²) in [6.45, 7) is 10.00. The third-order valence-electron chi connectivity index (χ3n) is 3.41. The van der Waals surface area contributed by atoms with Crippen LogP contribution in [0.4, 0.5) is 0 Å². The van der Waals surface area contributed by atoms with Crippen LogP contribution in [0.3, 0.4) is 0 Å². The highest BCUT2D eigenvalue weighted by atomic mass is 32.2. The van der Waals surface area contributed by atoms with E-state index < -0.39 is 10.0 Å². The molecule has 1 aromatic carbocycles. The summed E-state index contributed by atoms with van der Waals surface area (Å²) in [6.07, 6.45) is 0.844. The molecule has 118 valence electrons. The predicted octanol–water partition coefficient (Wildman–Crippen LogP) is 2.21. The summed E-state index contributed by atoms with van der Waals surface area (Å²) in [6, 6.07) is 3.14. The molecule has 0 heterocycles. The fourth-order valence-corrected chi connectivity index (χ4v) is 3.15. The van der Waals surface area contributed by atoms with Crippen LogP contribution < -0.4 is 5.14 Å². The molecule has 0 spiro atoms. The van der Waals surface area contributed by atoms with Gasteiger partial charge in [-0.25, -0.2) is 13.6 Å². The van der Waals surface area contributed by atoms with E-state index >= 15 is 0 Å². The first-order valence-corrected chi connectivity index (χ1v) is 8.59. The Kier molecular flexibility index (Phi) is 5.53. The van der Waals surface area contributed by atoms with Gasteiger partial charge in [0, 0.05) is 18.2 Å². The average molecular weight is 312 g/mol. The number of rotatable bonds is 5. The van der Waals surface area contributed by atoms with Crippen LogP contribution in [0, 0.1) is 13.8 Å². The second kappa shape index (κ2) is 6.58. The van der Waals surface area contributed by atoms with Gasteiger partial charge in [0.1, 0.15) is 0 Å². The molecule has 0 saturated carbocycles. The molecule has 1 amide bonds. The summed E-state index contributed by atoms with van der Waals surface area (Å²) in [5.41, 5.74) is 1.71. The lowest BCUT2D eigenvalue weighted by Crippen LogP contribution is -2.38. The monoisotopic (exact) mass is 312 g/mol. The normalized spacial score (nSPS) is 11.8. The maximum absolute atomic E-state index is 12.7. The summed E-state index contributed by atoms with van der Waals surface area (Å²) in [7, 11) is -3.84. The first-order chi connectivity index (χ1) is 9.59. The minimum Gasteiger partial charge on any atom is -0.336 e. The summed E-state index contributed by atoms with van der Waals surface area (Å²) in [4.78, 5) is 14.4. The molecular formula is C15H24N2O3S. The third-order valence-corrected chi connectivity index (χ3v) is 4.46. The average Bonchev–Trinajstić information content (AvgIpc) is 2.33. The number of carbonyl (C=O) groups excluding carboxylic acids is 1. The van der Waals surface area contributed by atoms with Crippen molar-refractivity contribution < 1.29 is 13.2 Å². The van der Waals surface area contributed by atoms with Gasteiger partial charge in [0.15, 0.2) is 0 Å². The number of amides is 1. The van der Waals surface area contributed by atoms with Crippen molar-refractivity contribution in [2.24, 2.45) is 5.14 Å². The Hall–Kier alpha value is -1.40. The number of primary sulfonamides is 1. The van der Waals surface area contributed by atoms with Crippen LogP contribution >= 0.6 is 0 Å². The lowest BCUT2D eigenvalue weighted by Gasteiger charge is -2.27. The van der Waals surface area contributed by atoms with E-state index in [1.54, 1.807) is 24.8 Å². The zero-order valence-corrected chi connectivity index (χ0v) is 14.1. The SMILES string of the molecule is CCCN(C(=O)c1cc(S(N)(=O)=O)c(C)cc1C)C(C)C. The highest BCUT2D eigenvalue weighted by molar-refractivity contribution is 7.89. The number of hydrogen-bond acceptors (Lipinski definition) is 3. The number of hydrogen-bond donors (Lipinski definition) is 1. The largest absolute Gasteiger partial charge is 0.336 e. The van der Waals surface area contributed by atoms with Crippen LogP contribution in [0.2, 0.25) is 0 Å². The zero-order chi connectivity index (χ0) is 16.4. The van der Waals surface area contributed by atoms with E-state index in [4.69, 9.17) is 5.14 Å². The zero-order valence-electron chi connectivity index (χ0n) is 13.3. The molecule has 0 aliphatic rings. The van der Waals surface area contributed by atoms with E-state index in [0.29, 0.717) is 17.7 Å². The van der Waals surface area contributed by atoms with Crippen molar-refractivity contribution in [2.45, 2.75) is 52.0 Å². The molecule has 5 nitrogen and oxygen atoms in total. The Morgan fingerprint density at radius 3 is 2.24 bits per heavy atom. The van der Waals surface area contributed by atoms with Gasteiger partial charge < -0.3 is 4.90 Å². The topological polar surface area (TPSA) is 80.5 Å². The van der Waals surface area contributed by atoms with Gasteiger partial charge >= 0.3 is 0 Å². The van der Waals surface area contributed by atoms with Crippen LogP contribution in [0.15, 0.2) is 17.0 Å². The van der Waals surface area contributed by atoms with Crippen LogP contribution in [-0.2, 0) is 10.0 Å². The van der Waals surface area contributed by atoms with E-state index in [9.17, 15) is 13.2 Å². The smallest absolute Gasteiger partial charge is 0.254 e. The molecule has 0 aliphatic carbocycles. The van der Waals surface area contributed by atoms with Gasteiger partial charge in [-0.15, -0.1) is 0 Å². The Labute approximate surface area is 127 Å². The van der Waals surface area contributed by atoms with Crippen LogP contribution in [0.5, 0.6) is 0 Å². The van der Waals surface area contributed by atoms with Crippen molar-refractivity contribution in [1.29, 1.82) is 0 Å². The quantitative estimate of drug-likeness (QED) is 0.905. The molecule has 2 N–H and O–H groups in total. The first-order valence-electron chi connectivity index (χ1n) is 7.04. The second-order valence-corrected chi connectivity index (χ2v) is 7.10. The summed E-state index contributed by atoms with van der Waals surface area (Å²) >= 11 is 0. The van der Waals surface area contributed by atoms with Gasteiger partial charge in [-0.3, -0.25) is 4.79 Å². The van der Waals surface area contributed by atoms with Crippen molar-refractivity contribution in [3.8, 4) is 0 Å². The Bertz CT molecular complexity index is 637. The number of nitrogens with two attached hydrogens (primary N) is 1. The van der Waals surface area contributed by atoms with E-state index in [-0.39, 0.29) is 16.8 Å². The molecule has 0 saturated heterocycles. The van der Waals surface area contributed by atoms with Crippen LogP contribution in [0.25, 0.3) is 0 Å². The van der Waals surface area contributed by atoms with Gasteiger partial charge in [-0.1, -0.05) is 13.0 Å². The molecule has 0 aromatic heterocycles. The molecule has 1 aromatic rings. The number of benzene rings is 1. The third kappa shape index (κ3) is 4.04. The fourth-order valence-electron chi connectivity index (χ4n) is 2.36. The van der Waals surface area contributed by atoms with Gasteiger partial charge in [-0.2, -0.15) is 0 Å². The Balaban J connectivity index is 3.39. The lowest BCUT2D eigenvalue weighted by molar-refractivity contribution is 0.0705. The lowest BCUT2D eigenvalue weighted by atomic mass is 10.0. The van der Waals surface area contributed by atoms with E-state index in [0.717, 1.165) is 12.0 Å². The Morgan fingerprint density at radius 1 is 1.24 bits per heavy atom. The Morgan fingerprint density at radius 2 is 1.81 bits per heavy atom. The highest BCUT2D eigenvalue weighted by Crippen LogP contribution is 2.21. The fraction of sp³-hybridized carbons (Fsp3) is 0.533. The van der Waals surface area contributed by atoms with Gasteiger partial charge in [0.25, 0.3) is 5.91 Å². The van der Waals surface area contributed by atoms with E-state index in [2.05, 4.69) is 0 Å². The molecule has 0 fully saturated rings. The van der Waals surface area contributed by atoms with Crippen molar-refractivity contribution in [3.63, 3.8) is 0 Å². The maximum Gasteiger partial charge on any atom is 0.254 e. The summed E-state index contributed by atoms with van der Waals surface area (Å²) in [5.74, 6) is -0.158. The standard InChI is InChI=1S/C15H24N2O3S/c1-6-7-17(10(2)3)15(18)13-9-14(21(16,19)20)12(5)8-11(13)4/h8-10H,6-7H2,1-5H3,(H2,16,19,20). The molecule has 21 heavy (non-hydrogen) atoms. The van der Waals surface area contributed by atoms with Crippen LogP contribution in [-0.4, -0.2) is 31.8 Å². The molecule has 0 atom stereocenters. The maximum atomic E-state index is 12.7. The molecule has 0 aliphatic heterocycles. The van der Waals surface area contributed by atoms with Crippen molar-refractivity contribution in [2.75, 3.05) is 6.54 Å². The minimum absolute atomic E-state index is 0.0108. The minimum atomic E-state index is -3.84. The van der Waals surface area contributed by atoms with Crippen molar-refractivity contribution >= 4 is 15.9 Å². The summed E-state index contributed by atoms with van der Waals surface area (Å²) in [5, 5.41) is 5.22. The number of carbonyl (C=O) groups is 1. The van der Waals surface area contributed by atoms with Gasteiger partial charge in [0.2, 0.25) is 10.0 Å². The van der Waals surface area contributed by atoms with Crippen LogP contribution in [0.1, 0.15) is 48.7 Å². The van der Waals surface area contributed by atoms with E-state index in [1.165, 1.54) is 6.07 Å². The molecule has 6 heteroatoms. The molecule has 0 radical (unpaired) electrons.